The fourth-order valence-corrected chi connectivity index (χ4v) is 2.58. The van der Waals surface area contributed by atoms with Crippen molar-refractivity contribution in [3.63, 3.8) is 0 Å². The highest BCUT2D eigenvalue weighted by atomic mass is 16.5. The number of aryl methyl sites for hydroxylation is 2. The first-order valence-corrected chi connectivity index (χ1v) is 7.79. The molecule has 0 aliphatic carbocycles. The molecule has 0 aliphatic heterocycles. The first kappa shape index (κ1) is 17.5. The molecule has 0 radical (unpaired) electrons. The van der Waals surface area contributed by atoms with Crippen LogP contribution in [0.2, 0.25) is 0 Å². The Bertz CT molecular complexity index is 607. The molecular weight excluding hydrogens is 292 g/mol. The Balaban J connectivity index is 1.89. The van der Waals surface area contributed by atoms with Crippen molar-refractivity contribution >= 4 is 0 Å². The summed E-state index contributed by atoms with van der Waals surface area (Å²) in [5.41, 5.74) is 2.36. The average Bonchev–Trinajstić information content (AvgIpc) is 2.75. The minimum atomic E-state index is -0.688. The summed E-state index contributed by atoms with van der Waals surface area (Å²) in [7, 11) is 2.00. The van der Waals surface area contributed by atoms with Crippen LogP contribution in [0.3, 0.4) is 0 Å². The fraction of sp³-hybridized carbons (Fsp3) is 0.500. The summed E-state index contributed by atoms with van der Waals surface area (Å²) < 4.78 is 10.9. The zero-order valence-corrected chi connectivity index (χ0v) is 14.6. The van der Waals surface area contributed by atoms with Crippen LogP contribution in [0.5, 0.6) is 5.75 Å². The number of hydrogen-bond donors (Lipinski definition) is 1. The highest BCUT2D eigenvalue weighted by Crippen LogP contribution is 2.18. The van der Waals surface area contributed by atoms with Crippen molar-refractivity contribution in [3.8, 4) is 5.75 Å². The number of hydrogen-bond acceptors (Lipinski definition) is 5. The van der Waals surface area contributed by atoms with Crippen LogP contribution in [0.4, 0.5) is 0 Å². The Hall–Kier alpha value is -1.85. The molecule has 0 unspecified atom stereocenters. The van der Waals surface area contributed by atoms with Crippen molar-refractivity contribution in [1.29, 1.82) is 0 Å². The normalized spacial score (nSPS) is 12.0. The van der Waals surface area contributed by atoms with Gasteiger partial charge in [0.1, 0.15) is 18.1 Å². The quantitative estimate of drug-likeness (QED) is 0.850. The van der Waals surface area contributed by atoms with Crippen molar-refractivity contribution < 1.29 is 14.4 Å². The zero-order chi connectivity index (χ0) is 17.0. The van der Waals surface area contributed by atoms with E-state index in [2.05, 4.69) is 10.1 Å². The topological polar surface area (TPSA) is 58.7 Å². The molecule has 0 amide bonds. The van der Waals surface area contributed by atoms with Gasteiger partial charge in [-0.25, -0.2) is 0 Å². The largest absolute Gasteiger partial charge is 0.489 e. The van der Waals surface area contributed by atoms with E-state index in [1.807, 2.05) is 59.0 Å². The number of aromatic nitrogens is 1. The number of ether oxygens (including phenoxy) is 1. The van der Waals surface area contributed by atoms with Crippen molar-refractivity contribution in [2.24, 2.45) is 0 Å². The highest BCUT2D eigenvalue weighted by molar-refractivity contribution is 5.28. The maximum Gasteiger partial charge on any atom is 0.140 e. The predicted molar refractivity (Wildman–Crippen MR) is 89.4 cm³/mol. The van der Waals surface area contributed by atoms with Gasteiger partial charge in [0.25, 0.3) is 0 Å². The van der Waals surface area contributed by atoms with Gasteiger partial charge in [-0.15, -0.1) is 0 Å². The van der Waals surface area contributed by atoms with Crippen molar-refractivity contribution in [3.05, 3.63) is 46.8 Å². The van der Waals surface area contributed by atoms with Gasteiger partial charge in [0.05, 0.1) is 16.9 Å². The van der Waals surface area contributed by atoms with Gasteiger partial charge in [-0.3, -0.25) is 4.90 Å². The molecule has 0 saturated heterocycles. The lowest BCUT2D eigenvalue weighted by Gasteiger charge is -2.25. The van der Waals surface area contributed by atoms with E-state index in [9.17, 15) is 5.11 Å². The van der Waals surface area contributed by atoms with Gasteiger partial charge < -0.3 is 14.4 Å². The highest BCUT2D eigenvalue weighted by Gasteiger charge is 2.15. The molecule has 23 heavy (non-hydrogen) atoms. The summed E-state index contributed by atoms with van der Waals surface area (Å²) in [5.74, 6) is 1.62. The maximum atomic E-state index is 9.84. The number of likely N-dealkylation sites (N-methyl/N-ethyl adjacent to an activating group) is 1. The zero-order valence-electron chi connectivity index (χ0n) is 14.6. The van der Waals surface area contributed by atoms with E-state index in [0.29, 0.717) is 13.2 Å². The van der Waals surface area contributed by atoms with Gasteiger partial charge in [0.15, 0.2) is 0 Å². The molecule has 0 atom stereocenters. The molecule has 2 aromatic rings. The van der Waals surface area contributed by atoms with Crippen LogP contribution in [0, 0.1) is 13.8 Å². The van der Waals surface area contributed by atoms with E-state index < -0.39 is 5.60 Å². The first-order valence-electron chi connectivity index (χ1n) is 7.79. The fourth-order valence-electron chi connectivity index (χ4n) is 2.58. The van der Waals surface area contributed by atoms with Crippen molar-refractivity contribution in [2.45, 2.75) is 46.4 Å². The molecule has 0 fully saturated rings. The second kappa shape index (κ2) is 7.15. The van der Waals surface area contributed by atoms with Crippen LogP contribution in [-0.4, -0.2) is 34.4 Å². The summed E-state index contributed by atoms with van der Waals surface area (Å²) in [6.07, 6.45) is 0. The summed E-state index contributed by atoms with van der Waals surface area (Å²) in [5, 5.41) is 13.8. The summed E-state index contributed by atoms with van der Waals surface area (Å²) in [6.45, 7) is 9.30. The van der Waals surface area contributed by atoms with E-state index in [4.69, 9.17) is 9.26 Å². The van der Waals surface area contributed by atoms with Gasteiger partial charge in [-0.1, -0.05) is 17.3 Å². The van der Waals surface area contributed by atoms with Gasteiger partial charge in [0, 0.05) is 13.1 Å². The van der Waals surface area contributed by atoms with Crippen LogP contribution in [0.15, 0.2) is 28.8 Å². The summed E-state index contributed by atoms with van der Waals surface area (Å²) in [6, 6.07) is 8.02. The van der Waals surface area contributed by atoms with Crippen molar-refractivity contribution in [2.75, 3.05) is 13.6 Å². The van der Waals surface area contributed by atoms with Crippen LogP contribution in [0.1, 0.15) is 36.4 Å². The third-order valence-corrected chi connectivity index (χ3v) is 3.60. The molecule has 0 saturated carbocycles. The van der Waals surface area contributed by atoms with Crippen molar-refractivity contribution in [1.82, 2.24) is 10.1 Å². The molecule has 5 nitrogen and oxygen atoms in total. The van der Waals surface area contributed by atoms with E-state index in [0.717, 1.165) is 29.3 Å². The number of nitrogens with zero attached hydrogens (tertiary/aromatic N) is 2. The Labute approximate surface area is 137 Å². The monoisotopic (exact) mass is 318 g/mol. The Morgan fingerprint density at radius 2 is 1.87 bits per heavy atom. The molecule has 2 rings (SSSR count). The number of benzene rings is 1. The Morgan fingerprint density at radius 1 is 1.22 bits per heavy atom. The average molecular weight is 318 g/mol. The smallest absolute Gasteiger partial charge is 0.140 e. The molecule has 0 aliphatic rings. The third kappa shape index (κ3) is 5.37. The minimum Gasteiger partial charge on any atom is -0.489 e. The SMILES string of the molecule is Cc1noc(C)c1COc1ccc(CN(C)CC(C)(C)O)cc1. The van der Waals surface area contributed by atoms with E-state index in [1.165, 1.54) is 5.56 Å². The second-order valence-electron chi connectivity index (χ2n) is 6.72. The van der Waals surface area contributed by atoms with Crippen LogP contribution < -0.4 is 4.74 Å². The second-order valence-corrected chi connectivity index (χ2v) is 6.72. The molecule has 1 aromatic heterocycles. The Kier molecular flexibility index (Phi) is 5.44. The molecule has 0 spiro atoms. The first-order chi connectivity index (χ1) is 10.7. The van der Waals surface area contributed by atoms with E-state index in [1.54, 1.807) is 0 Å². The molecule has 0 bridgehead atoms. The van der Waals surface area contributed by atoms with Gasteiger partial charge >= 0.3 is 0 Å². The van der Waals surface area contributed by atoms with Crippen LogP contribution in [0.25, 0.3) is 0 Å². The number of rotatable bonds is 7. The molecule has 1 aromatic carbocycles. The minimum absolute atomic E-state index is 0.457. The van der Waals surface area contributed by atoms with E-state index >= 15 is 0 Å². The van der Waals surface area contributed by atoms with Gasteiger partial charge in [0.2, 0.25) is 0 Å². The van der Waals surface area contributed by atoms with Gasteiger partial charge in [-0.05, 0) is 52.4 Å². The lowest BCUT2D eigenvalue weighted by atomic mass is 10.1. The maximum absolute atomic E-state index is 9.84. The third-order valence-electron chi connectivity index (χ3n) is 3.60. The van der Waals surface area contributed by atoms with Crippen LogP contribution in [-0.2, 0) is 13.2 Å². The Morgan fingerprint density at radius 3 is 2.39 bits per heavy atom. The van der Waals surface area contributed by atoms with Crippen LogP contribution >= 0.6 is 0 Å². The molecular formula is C18H26N2O3. The molecule has 1 N–H and O–H groups in total. The standard InChI is InChI=1S/C18H26N2O3/c1-13-17(14(2)23-19-13)11-22-16-8-6-15(7-9-16)10-20(5)12-18(3,4)21/h6-9,21H,10-12H2,1-5H3. The van der Waals surface area contributed by atoms with E-state index in [-0.39, 0.29) is 0 Å². The lowest BCUT2D eigenvalue weighted by molar-refractivity contribution is 0.0425. The molecule has 5 heteroatoms. The number of aliphatic hydroxyl groups is 1. The lowest BCUT2D eigenvalue weighted by Crippen LogP contribution is -2.35. The molecule has 126 valence electrons. The van der Waals surface area contributed by atoms with Gasteiger partial charge in [-0.2, -0.15) is 0 Å². The summed E-state index contributed by atoms with van der Waals surface area (Å²) in [4.78, 5) is 2.10. The summed E-state index contributed by atoms with van der Waals surface area (Å²) >= 11 is 0. The predicted octanol–water partition coefficient (Wildman–Crippen LogP) is 3.07. The molecule has 1 heterocycles.